The van der Waals surface area contributed by atoms with Gasteiger partial charge in [0.05, 0.1) is 13.2 Å². The Kier molecular flexibility index (Phi) is 5.23. The molecule has 21 heavy (non-hydrogen) atoms. The van der Waals surface area contributed by atoms with Gasteiger partial charge < -0.3 is 10.1 Å². The predicted molar refractivity (Wildman–Crippen MR) is 84.9 cm³/mol. The molecule has 0 spiro atoms. The normalized spacial score (nSPS) is 11.8. The third-order valence-corrected chi connectivity index (χ3v) is 3.62. The fourth-order valence-corrected chi connectivity index (χ4v) is 2.22. The second kappa shape index (κ2) is 7.14. The van der Waals surface area contributed by atoms with Gasteiger partial charge in [0.2, 0.25) is 0 Å². The molecule has 0 bridgehead atoms. The van der Waals surface area contributed by atoms with Crippen molar-refractivity contribution in [1.82, 2.24) is 5.32 Å². The molecular weight excluding hydrogens is 286 g/mol. The number of benzene rings is 2. The van der Waals surface area contributed by atoms with Gasteiger partial charge in [-0.05, 0) is 42.3 Å². The van der Waals surface area contributed by atoms with Crippen LogP contribution in [0.5, 0.6) is 5.75 Å². The molecule has 0 radical (unpaired) electrons. The lowest BCUT2D eigenvalue weighted by Gasteiger charge is -2.15. The molecule has 0 saturated carbocycles. The van der Waals surface area contributed by atoms with Crippen molar-refractivity contribution in [2.45, 2.75) is 18.8 Å². The van der Waals surface area contributed by atoms with E-state index in [1.54, 1.807) is 13.2 Å². The fraction of sp³-hybridized carbons (Fsp3) is 0.235. The summed E-state index contributed by atoms with van der Waals surface area (Å²) in [5.41, 5.74) is 2.58. The molecule has 0 fully saturated rings. The number of methoxy groups -OCH3 is 1. The second-order valence-electron chi connectivity index (χ2n) is 4.80. The molecule has 0 unspecified atom stereocenters. The summed E-state index contributed by atoms with van der Waals surface area (Å²) in [7, 11) is 1.63. The van der Waals surface area contributed by atoms with Gasteiger partial charge in [0, 0.05) is 11.4 Å². The summed E-state index contributed by atoms with van der Waals surface area (Å²) in [6, 6.07) is 14.9. The molecular formula is C17H18ClNO2. The summed E-state index contributed by atoms with van der Waals surface area (Å²) in [6.45, 7) is 1.95. The second-order valence-corrected chi connectivity index (χ2v) is 5.07. The highest BCUT2D eigenvalue weighted by Crippen LogP contribution is 2.18. The van der Waals surface area contributed by atoms with Crippen LogP contribution in [0.1, 0.15) is 34.5 Å². The largest absolute Gasteiger partial charge is 0.497 e. The number of nitrogens with one attached hydrogen (secondary N) is 1. The number of halogens is 1. The maximum Gasteiger partial charge on any atom is 0.251 e. The highest BCUT2D eigenvalue weighted by Gasteiger charge is 2.11. The molecule has 1 N–H and O–H groups in total. The van der Waals surface area contributed by atoms with Gasteiger partial charge in [-0.15, -0.1) is 11.6 Å². The first kappa shape index (κ1) is 15.4. The molecule has 0 saturated heterocycles. The standard InChI is InChI=1S/C17H18ClNO2/c1-12(14-6-8-16(21-2)9-7-14)19-17(20)15-5-3-4-13(10-15)11-18/h3-10,12H,11H2,1-2H3,(H,19,20)/t12-/m0/s1. The van der Waals surface area contributed by atoms with E-state index in [0.717, 1.165) is 16.9 Å². The lowest BCUT2D eigenvalue weighted by molar-refractivity contribution is 0.0940. The SMILES string of the molecule is COc1ccc([C@H](C)NC(=O)c2cccc(CCl)c2)cc1. The van der Waals surface area contributed by atoms with Crippen molar-refractivity contribution in [3.63, 3.8) is 0 Å². The van der Waals surface area contributed by atoms with E-state index in [9.17, 15) is 4.79 Å². The van der Waals surface area contributed by atoms with Crippen molar-refractivity contribution in [1.29, 1.82) is 0 Å². The zero-order valence-electron chi connectivity index (χ0n) is 12.1. The van der Waals surface area contributed by atoms with Gasteiger partial charge in [0.15, 0.2) is 0 Å². The van der Waals surface area contributed by atoms with Gasteiger partial charge in [-0.1, -0.05) is 24.3 Å². The van der Waals surface area contributed by atoms with Crippen LogP contribution in [0.4, 0.5) is 0 Å². The molecule has 0 heterocycles. The Morgan fingerprint density at radius 1 is 1.24 bits per heavy atom. The van der Waals surface area contributed by atoms with Gasteiger partial charge >= 0.3 is 0 Å². The first-order valence-electron chi connectivity index (χ1n) is 6.73. The molecule has 0 aliphatic rings. The minimum Gasteiger partial charge on any atom is -0.497 e. The summed E-state index contributed by atoms with van der Waals surface area (Å²) in [6.07, 6.45) is 0. The van der Waals surface area contributed by atoms with Crippen molar-refractivity contribution in [3.05, 3.63) is 65.2 Å². The van der Waals surface area contributed by atoms with Crippen LogP contribution in [0.2, 0.25) is 0 Å². The van der Waals surface area contributed by atoms with Crippen LogP contribution in [0.3, 0.4) is 0 Å². The van der Waals surface area contributed by atoms with Crippen LogP contribution in [-0.2, 0) is 5.88 Å². The van der Waals surface area contributed by atoms with Crippen LogP contribution < -0.4 is 10.1 Å². The van der Waals surface area contributed by atoms with Crippen molar-refractivity contribution in [2.24, 2.45) is 0 Å². The number of alkyl halides is 1. The fourth-order valence-electron chi connectivity index (χ4n) is 2.05. The topological polar surface area (TPSA) is 38.3 Å². The highest BCUT2D eigenvalue weighted by molar-refractivity contribution is 6.17. The summed E-state index contributed by atoms with van der Waals surface area (Å²) >= 11 is 5.79. The van der Waals surface area contributed by atoms with Crippen LogP contribution >= 0.6 is 11.6 Å². The Hall–Kier alpha value is -2.00. The molecule has 2 aromatic rings. The first-order chi connectivity index (χ1) is 10.1. The molecule has 3 nitrogen and oxygen atoms in total. The lowest BCUT2D eigenvalue weighted by atomic mass is 10.1. The summed E-state index contributed by atoms with van der Waals surface area (Å²) in [4.78, 5) is 12.2. The van der Waals surface area contributed by atoms with Crippen LogP contribution in [0.15, 0.2) is 48.5 Å². The number of hydrogen-bond acceptors (Lipinski definition) is 2. The quantitative estimate of drug-likeness (QED) is 0.850. The van der Waals surface area contributed by atoms with Gasteiger partial charge in [-0.3, -0.25) is 4.79 Å². The predicted octanol–water partition coefficient (Wildman–Crippen LogP) is 3.93. The average molecular weight is 304 g/mol. The summed E-state index contributed by atoms with van der Waals surface area (Å²) in [5, 5.41) is 2.98. The zero-order valence-corrected chi connectivity index (χ0v) is 12.9. The zero-order chi connectivity index (χ0) is 15.2. The van der Waals surface area contributed by atoms with Crippen molar-refractivity contribution in [3.8, 4) is 5.75 Å². The van der Waals surface area contributed by atoms with Gasteiger partial charge in [0.1, 0.15) is 5.75 Å². The van der Waals surface area contributed by atoms with Crippen molar-refractivity contribution >= 4 is 17.5 Å². The summed E-state index contributed by atoms with van der Waals surface area (Å²) < 4.78 is 5.13. The Morgan fingerprint density at radius 3 is 2.57 bits per heavy atom. The maximum atomic E-state index is 12.2. The summed E-state index contributed by atoms with van der Waals surface area (Å²) in [5.74, 6) is 1.09. The van der Waals surface area contributed by atoms with E-state index in [1.165, 1.54) is 0 Å². The number of ether oxygens (including phenoxy) is 1. The smallest absolute Gasteiger partial charge is 0.251 e. The van der Waals surface area contributed by atoms with Gasteiger partial charge in [0.25, 0.3) is 5.91 Å². The molecule has 2 rings (SSSR count). The van der Waals surface area contributed by atoms with E-state index in [2.05, 4.69) is 5.32 Å². The van der Waals surface area contributed by atoms with Gasteiger partial charge in [-0.2, -0.15) is 0 Å². The van der Waals surface area contributed by atoms with E-state index in [0.29, 0.717) is 11.4 Å². The van der Waals surface area contributed by atoms with E-state index >= 15 is 0 Å². The Labute approximate surface area is 129 Å². The number of carbonyl (C=O) groups excluding carboxylic acids is 1. The van der Waals surface area contributed by atoms with E-state index in [4.69, 9.17) is 16.3 Å². The molecule has 0 aliphatic heterocycles. The van der Waals surface area contributed by atoms with E-state index in [-0.39, 0.29) is 11.9 Å². The van der Waals surface area contributed by atoms with Gasteiger partial charge in [-0.25, -0.2) is 0 Å². The average Bonchev–Trinajstić information content (AvgIpc) is 2.54. The molecule has 0 aliphatic carbocycles. The number of amides is 1. The Morgan fingerprint density at radius 2 is 1.95 bits per heavy atom. The first-order valence-corrected chi connectivity index (χ1v) is 7.27. The minimum atomic E-state index is -0.106. The van der Waals surface area contributed by atoms with E-state index in [1.807, 2.05) is 49.4 Å². The molecule has 0 aromatic heterocycles. The molecule has 110 valence electrons. The minimum absolute atomic E-state index is 0.0805. The lowest BCUT2D eigenvalue weighted by Crippen LogP contribution is -2.26. The highest BCUT2D eigenvalue weighted by atomic mass is 35.5. The number of carbonyl (C=O) groups is 1. The Balaban J connectivity index is 2.06. The van der Waals surface area contributed by atoms with Crippen molar-refractivity contribution in [2.75, 3.05) is 7.11 Å². The Bertz CT molecular complexity index is 610. The maximum absolute atomic E-state index is 12.2. The van der Waals surface area contributed by atoms with Crippen LogP contribution in [0.25, 0.3) is 0 Å². The van der Waals surface area contributed by atoms with Crippen LogP contribution in [0, 0.1) is 0 Å². The third kappa shape index (κ3) is 3.99. The number of hydrogen-bond donors (Lipinski definition) is 1. The molecule has 1 amide bonds. The molecule has 2 aromatic carbocycles. The van der Waals surface area contributed by atoms with E-state index < -0.39 is 0 Å². The monoisotopic (exact) mass is 303 g/mol. The molecule has 1 atom stereocenters. The van der Waals surface area contributed by atoms with Crippen LogP contribution in [-0.4, -0.2) is 13.0 Å². The molecule has 4 heteroatoms. The number of rotatable bonds is 5. The third-order valence-electron chi connectivity index (χ3n) is 3.31. The van der Waals surface area contributed by atoms with Crippen molar-refractivity contribution < 1.29 is 9.53 Å².